The van der Waals surface area contributed by atoms with Gasteiger partial charge in [0.1, 0.15) is 6.07 Å². The summed E-state index contributed by atoms with van der Waals surface area (Å²) in [6, 6.07) is 12.6. The Balaban J connectivity index is 0.000000169. The van der Waals surface area contributed by atoms with Gasteiger partial charge in [-0.25, -0.2) is 0 Å². The van der Waals surface area contributed by atoms with Crippen LogP contribution in [0.4, 0.5) is 0 Å². The number of nitriles is 1. The van der Waals surface area contributed by atoms with Gasteiger partial charge in [0.15, 0.2) is 5.84 Å². The Morgan fingerprint density at radius 2 is 1.43 bits per heavy atom. The molecule has 12 nitrogen and oxygen atoms in total. The third kappa shape index (κ3) is 5.35. The first kappa shape index (κ1) is 27.9. The Kier molecular flexibility index (Phi) is 7.83. The number of carbonyl (C=O) groups is 2. The molecule has 0 fully saturated rings. The van der Waals surface area contributed by atoms with Gasteiger partial charge in [-0.05, 0) is 49.2 Å². The standard InChI is InChI=1S/C15H15N5O2.C15H12N4O/c1-9(10-3-2-4-17-6-10)20-8-13-12(15(20)21)5-11(7-18-13)14(16)19-22;1-10(12-3-2-4-17-8-12)19-9-14-13(15(19)20)5-11(6-16)7-18-14/h2-7,9,22H,8H2,1H3,(H2,16,19);2-5,7-8,10H,9H2,1H3. The molecule has 4 aromatic heterocycles. The van der Waals surface area contributed by atoms with E-state index in [4.69, 9.17) is 16.2 Å². The molecule has 12 heteroatoms. The largest absolute Gasteiger partial charge is 0.409 e. The van der Waals surface area contributed by atoms with Gasteiger partial charge >= 0.3 is 0 Å². The Morgan fingerprint density at radius 1 is 0.905 bits per heavy atom. The number of amidine groups is 1. The van der Waals surface area contributed by atoms with E-state index in [0.29, 0.717) is 41.0 Å². The molecule has 0 saturated heterocycles. The second kappa shape index (κ2) is 11.8. The summed E-state index contributed by atoms with van der Waals surface area (Å²) in [6.45, 7) is 4.81. The number of pyridine rings is 4. The van der Waals surface area contributed by atoms with Crippen molar-refractivity contribution in [3.8, 4) is 6.07 Å². The van der Waals surface area contributed by atoms with Crippen molar-refractivity contribution in [1.82, 2.24) is 29.7 Å². The van der Waals surface area contributed by atoms with Crippen LogP contribution in [0, 0.1) is 11.3 Å². The van der Waals surface area contributed by atoms with Gasteiger partial charge in [0.05, 0.1) is 53.3 Å². The van der Waals surface area contributed by atoms with Crippen molar-refractivity contribution in [1.29, 1.82) is 5.26 Å². The van der Waals surface area contributed by atoms with Gasteiger partial charge in [-0.2, -0.15) is 5.26 Å². The van der Waals surface area contributed by atoms with E-state index in [9.17, 15) is 9.59 Å². The molecular formula is C30H27N9O3. The summed E-state index contributed by atoms with van der Waals surface area (Å²) in [5.74, 6) is -0.269. The lowest BCUT2D eigenvalue weighted by molar-refractivity contribution is 0.0707. The summed E-state index contributed by atoms with van der Waals surface area (Å²) in [7, 11) is 0. The Hall–Kier alpha value is -5.70. The maximum Gasteiger partial charge on any atom is 0.256 e. The number of rotatable bonds is 5. The van der Waals surface area contributed by atoms with Gasteiger partial charge in [0.2, 0.25) is 0 Å². The zero-order valence-corrected chi connectivity index (χ0v) is 22.9. The molecule has 2 unspecified atom stereocenters. The maximum absolute atomic E-state index is 12.6. The van der Waals surface area contributed by atoms with Crippen molar-refractivity contribution < 1.29 is 14.8 Å². The molecule has 0 bridgehead atoms. The van der Waals surface area contributed by atoms with Crippen LogP contribution in [-0.2, 0) is 13.1 Å². The van der Waals surface area contributed by atoms with E-state index < -0.39 is 0 Å². The molecule has 2 aliphatic heterocycles. The Morgan fingerprint density at radius 3 is 1.90 bits per heavy atom. The van der Waals surface area contributed by atoms with Crippen LogP contribution in [0.1, 0.15) is 80.3 Å². The van der Waals surface area contributed by atoms with E-state index >= 15 is 0 Å². The number of fused-ring (bicyclic) bond motifs is 2. The summed E-state index contributed by atoms with van der Waals surface area (Å²) in [5.41, 5.74) is 10.7. The van der Waals surface area contributed by atoms with E-state index in [2.05, 4.69) is 25.1 Å². The zero-order chi connectivity index (χ0) is 29.8. The number of amides is 2. The van der Waals surface area contributed by atoms with Crippen molar-refractivity contribution in [2.24, 2.45) is 10.9 Å². The lowest BCUT2D eigenvalue weighted by Gasteiger charge is -2.24. The van der Waals surface area contributed by atoms with Crippen LogP contribution in [0.15, 0.2) is 78.7 Å². The maximum atomic E-state index is 12.6. The smallest absolute Gasteiger partial charge is 0.256 e. The molecule has 6 heterocycles. The van der Waals surface area contributed by atoms with Crippen molar-refractivity contribution in [3.63, 3.8) is 0 Å². The highest BCUT2D eigenvalue weighted by Gasteiger charge is 2.34. The minimum atomic E-state index is -0.119. The van der Waals surface area contributed by atoms with Crippen LogP contribution < -0.4 is 5.73 Å². The summed E-state index contributed by atoms with van der Waals surface area (Å²) < 4.78 is 0. The summed E-state index contributed by atoms with van der Waals surface area (Å²) in [6.07, 6.45) is 9.91. The van der Waals surface area contributed by atoms with Crippen LogP contribution in [0.3, 0.4) is 0 Å². The molecule has 0 aromatic carbocycles. The summed E-state index contributed by atoms with van der Waals surface area (Å²) in [4.78, 5) is 45.1. The predicted octanol–water partition coefficient (Wildman–Crippen LogP) is 3.35. The van der Waals surface area contributed by atoms with Crippen molar-refractivity contribution in [2.75, 3.05) is 0 Å². The van der Waals surface area contributed by atoms with E-state index in [0.717, 1.165) is 16.8 Å². The zero-order valence-electron chi connectivity index (χ0n) is 22.9. The average Bonchev–Trinajstić information content (AvgIpc) is 3.56. The average molecular weight is 562 g/mol. The van der Waals surface area contributed by atoms with Crippen LogP contribution in [-0.4, -0.2) is 52.6 Å². The van der Waals surface area contributed by atoms with Gasteiger partial charge in [-0.15, -0.1) is 0 Å². The molecule has 0 saturated carbocycles. The van der Waals surface area contributed by atoms with Crippen molar-refractivity contribution in [3.05, 3.63) is 118 Å². The fourth-order valence-corrected chi connectivity index (χ4v) is 4.87. The Labute approximate surface area is 241 Å². The van der Waals surface area contributed by atoms with Gasteiger partial charge in [-0.1, -0.05) is 17.3 Å². The number of nitrogens with two attached hydrogens (primary N) is 1. The van der Waals surface area contributed by atoms with Crippen molar-refractivity contribution in [2.45, 2.75) is 39.0 Å². The molecule has 2 aliphatic rings. The first-order valence-corrected chi connectivity index (χ1v) is 13.1. The van der Waals surface area contributed by atoms with Gasteiger partial charge in [0, 0.05) is 42.7 Å². The van der Waals surface area contributed by atoms with Gasteiger partial charge < -0.3 is 20.7 Å². The number of hydrogen-bond donors (Lipinski definition) is 2. The molecule has 210 valence electrons. The van der Waals surface area contributed by atoms with Crippen LogP contribution in [0.25, 0.3) is 0 Å². The predicted molar refractivity (Wildman–Crippen MR) is 151 cm³/mol. The minimum absolute atomic E-state index is 0.0677. The second-order valence-corrected chi connectivity index (χ2v) is 9.82. The number of carbonyl (C=O) groups excluding carboxylic acids is 2. The van der Waals surface area contributed by atoms with Crippen LogP contribution in [0.5, 0.6) is 0 Å². The number of aromatic nitrogens is 4. The minimum Gasteiger partial charge on any atom is -0.409 e. The van der Waals surface area contributed by atoms with Crippen molar-refractivity contribution >= 4 is 17.6 Å². The van der Waals surface area contributed by atoms with Gasteiger partial charge in [-0.3, -0.25) is 29.5 Å². The molecule has 3 N–H and O–H groups in total. The monoisotopic (exact) mass is 561 g/mol. The molecule has 4 aromatic rings. The normalized spacial score (nSPS) is 15.3. The third-order valence-corrected chi connectivity index (χ3v) is 7.36. The number of hydrogen-bond acceptors (Lipinski definition) is 9. The lowest BCUT2D eigenvalue weighted by atomic mass is 10.1. The fourth-order valence-electron chi connectivity index (χ4n) is 4.87. The molecule has 2 atom stereocenters. The number of nitrogens with zero attached hydrogens (tertiary/aromatic N) is 8. The number of oxime groups is 1. The Bertz CT molecular complexity index is 1700. The summed E-state index contributed by atoms with van der Waals surface area (Å²) in [5, 5.41) is 20.5. The molecule has 0 radical (unpaired) electrons. The molecule has 2 amide bonds. The second-order valence-electron chi connectivity index (χ2n) is 9.82. The van der Waals surface area contributed by atoms with Crippen LogP contribution >= 0.6 is 0 Å². The quantitative estimate of drug-likeness (QED) is 0.160. The fraction of sp³-hybridized carbons (Fsp3) is 0.200. The van der Waals surface area contributed by atoms with Crippen LogP contribution in [0.2, 0.25) is 0 Å². The third-order valence-electron chi connectivity index (χ3n) is 7.36. The SMILES string of the molecule is CC(c1cccnc1)N1Cc2ncc(C#N)cc2C1=O.CC(c1cccnc1)N1Cc2ncc(C(N)=NO)cc2C1=O. The highest BCUT2D eigenvalue weighted by atomic mass is 16.4. The molecule has 6 rings (SSSR count). The lowest BCUT2D eigenvalue weighted by Crippen LogP contribution is -2.27. The molecular weight excluding hydrogens is 534 g/mol. The first-order chi connectivity index (χ1) is 20.3. The highest BCUT2D eigenvalue weighted by molar-refractivity contribution is 6.02. The molecule has 42 heavy (non-hydrogen) atoms. The highest BCUT2D eigenvalue weighted by Crippen LogP contribution is 2.31. The van der Waals surface area contributed by atoms with E-state index in [1.807, 2.05) is 44.2 Å². The first-order valence-electron chi connectivity index (χ1n) is 13.1. The topological polar surface area (TPSA) is 175 Å². The molecule has 0 spiro atoms. The summed E-state index contributed by atoms with van der Waals surface area (Å²) >= 11 is 0. The van der Waals surface area contributed by atoms with E-state index in [1.165, 1.54) is 12.4 Å². The van der Waals surface area contributed by atoms with E-state index in [1.54, 1.807) is 46.7 Å². The van der Waals surface area contributed by atoms with Gasteiger partial charge in [0.25, 0.3) is 11.8 Å². The van der Waals surface area contributed by atoms with E-state index in [-0.39, 0.29) is 29.7 Å². The molecule has 0 aliphatic carbocycles.